The minimum Gasteiger partial charge on any atom is -0.326 e. The van der Waals surface area contributed by atoms with E-state index in [9.17, 15) is 4.39 Å². The Kier molecular flexibility index (Phi) is 3.73. The van der Waals surface area contributed by atoms with Gasteiger partial charge in [-0.3, -0.25) is 0 Å². The van der Waals surface area contributed by atoms with E-state index >= 15 is 0 Å². The fourth-order valence-electron chi connectivity index (χ4n) is 2.14. The van der Waals surface area contributed by atoms with Crippen LogP contribution in [0.4, 0.5) is 4.39 Å². The molecule has 0 aliphatic heterocycles. The lowest BCUT2D eigenvalue weighted by Crippen LogP contribution is -1.96. The molecule has 0 atom stereocenters. The van der Waals surface area contributed by atoms with Gasteiger partial charge in [-0.05, 0) is 53.6 Å². The molecule has 2 aromatic carbocycles. The molecule has 0 saturated heterocycles. The lowest BCUT2D eigenvalue weighted by atomic mass is 10.1. The molecule has 106 valence electrons. The summed E-state index contributed by atoms with van der Waals surface area (Å²) in [5.41, 5.74) is 9.30. The van der Waals surface area contributed by atoms with Crippen LogP contribution in [0.25, 0.3) is 16.8 Å². The molecular formula is C16H13ClFN3. The van der Waals surface area contributed by atoms with Crippen molar-refractivity contribution in [3.05, 3.63) is 71.3 Å². The first kappa shape index (κ1) is 13.8. The van der Waals surface area contributed by atoms with Crippen molar-refractivity contribution in [3.8, 4) is 16.8 Å². The SMILES string of the molecule is NCc1cc(Cl)cc(-c2cnn(-c3ccc(F)cc3)c2)c1. The Morgan fingerprint density at radius 1 is 1.10 bits per heavy atom. The maximum Gasteiger partial charge on any atom is 0.123 e. The van der Waals surface area contributed by atoms with Gasteiger partial charge >= 0.3 is 0 Å². The van der Waals surface area contributed by atoms with Crippen LogP contribution in [0.5, 0.6) is 0 Å². The third-order valence-corrected chi connectivity index (χ3v) is 3.42. The van der Waals surface area contributed by atoms with E-state index in [2.05, 4.69) is 5.10 Å². The van der Waals surface area contributed by atoms with Crippen LogP contribution in [0.15, 0.2) is 54.9 Å². The third kappa shape index (κ3) is 2.96. The normalized spacial score (nSPS) is 10.8. The molecule has 2 N–H and O–H groups in total. The van der Waals surface area contributed by atoms with Gasteiger partial charge in [0.15, 0.2) is 0 Å². The zero-order valence-corrected chi connectivity index (χ0v) is 11.9. The largest absolute Gasteiger partial charge is 0.326 e. The number of rotatable bonds is 3. The van der Waals surface area contributed by atoms with Crippen LogP contribution in [-0.4, -0.2) is 9.78 Å². The number of hydrogen-bond donors (Lipinski definition) is 1. The fraction of sp³-hybridized carbons (Fsp3) is 0.0625. The average Bonchev–Trinajstić information content (AvgIpc) is 2.97. The Hall–Kier alpha value is -2.17. The molecule has 0 unspecified atom stereocenters. The molecule has 0 aliphatic carbocycles. The summed E-state index contributed by atoms with van der Waals surface area (Å²) in [7, 11) is 0. The number of nitrogens with two attached hydrogens (primary N) is 1. The van der Waals surface area contributed by atoms with Crippen molar-refractivity contribution in [1.82, 2.24) is 9.78 Å². The molecule has 0 fully saturated rings. The van der Waals surface area contributed by atoms with E-state index in [0.717, 1.165) is 22.4 Å². The second-order valence-electron chi connectivity index (χ2n) is 4.70. The predicted molar refractivity (Wildman–Crippen MR) is 81.9 cm³/mol. The van der Waals surface area contributed by atoms with Crippen LogP contribution in [0.3, 0.4) is 0 Å². The average molecular weight is 302 g/mol. The standard InChI is InChI=1S/C16H13ClFN3/c17-14-6-11(8-19)5-12(7-14)13-9-20-21(10-13)16-3-1-15(18)2-4-16/h1-7,9-10H,8,19H2. The van der Waals surface area contributed by atoms with Crippen LogP contribution in [0.2, 0.25) is 5.02 Å². The molecule has 0 bridgehead atoms. The monoisotopic (exact) mass is 301 g/mol. The highest BCUT2D eigenvalue weighted by Crippen LogP contribution is 2.25. The Morgan fingerprint density at radius 3 is 2.57 bits per heavy atom. The van der Waals surface area contributed by atoms with E-state index in [-0.39, 0.29) is 5.82 Å². The molecule has 0 spiro atoms. The van der Waals surface area contributed by atoms with Gasteiger partial charge in [0.2, 0.25) is 0 Å². The summed E-state index contributed by atoms with van der Waals surface area (Å²) in [6, 6.07) is 11.9. The summed E-state index contributed by atoms with van der Waals surface area (Å²) in [5.74, 6) is -0.270. The van der Waals surface area contributed by atoms with E-state index < -0.39 is 0 Å². The second-order valence-corrected chi connectivity index (χ2v) is 5.14. The summed E-state index contributed by atoms with van der Waals surface area (Å²) in [4.78, 5) is 0. The number of halogens is 2. The number of benzene rings is 2. The van der Waals surface area contributed by atoms with Crippen LogP contribution in [-0.2, 0) is 6.54 Å². The number of hydrogen-bond acceptors (Lipinski definition) is 2. The van der Waals surface area contributed by atoms with Gasteiger partial charge in [0, 0.05) is 23.3 Å². The van der Waals surface area contributed by atoms with E-state index in [1.165, 1.54) is 12.1 Å². The first-order valence-corrected chi connectivity index (χ1v) is 6.84. The first-order chi connectivity index (χ1) is 10.2. The molecular weight excluding hydrogens is 289 g/mol. The summed E-state index contributed by atoms with van der Waals surface area (Å²) < 4.78 is 14.6. The minimum atomic E-state index is -0.270. The topological polar surface area (TPSA) is 43.8 Å². The van der Waals surface area contributed by atoms with Gasteiger partial charge in [0.25, 0.3) is 0 Å². The number of aromatic nitrogens is 2. The van der Waals surface area contributed by atoms with E-state index in [1.807, 2.05) is 24.4 Å². The lowest BCUT2D eigenvalue weighted by molar-refractivity contribution is 0.627. The summed E-state index contributed by atoms with van der Waals surface area (Å²) in [6.07, 6.45) is 3.62. The quantitative estimate of drug-likeness (QED) is 0.800. The van der Waals surface area contributed by atoms with Gasteiger partial charge in [-0.1, -0.05) is 11.6 Å². The molecule has 0 radical (unpaired) electrons. The molecule has 0 amide bonds. The Bertz CT molecular complexity index is 765. The highest BCUT2D eigenvalue weighted by atomic mass is 35.5. The molecule has 5 heteroatoms. The third-order valence-electron chi connectivity index (χ3n) is 3.20. The maximum atomic E-state index is 12.9. The summed E-state index contributed by atoms with van der Waals surface area (Å²) >= 11 is 6.10. The predicted octanol–water partition coefficient (Wildman–Crippen LogP) is 3.79. The van der Waals surface area contributed by atoms with Gasteiger partial charge < -0.3 is 5.73 Å². The highest BCUT2D eigenvalue weighted by Gasteiger charge is 2.06. The van der Waals surface area contributed by atoms with Gasteiger partial charge in [-0.2, -0.15) is 5.10 Å². The molecule has 21 heavy (non-hydrogen) atoms. The molecule has 1 heterocycles. The Balaban J connectivity index is 1.98. The maximum absolute atomic E-state index is 12.9. The van der Waals surface area contributed by atoms with Gasteiger partial charge in [-0.25, -0.2) is 9.07 Å². The van der Waals surface area contributed by atoms with Crippen LogP contribution < -0.4 is 5.73 Å². The second kappa shape index (κ2) is 5.68. The summed E-state index contributed by atoms with van der Waals surface area (Å²) in [5, 5.41) is 4.94. The van der Waals surface area contributed by atoms with E-state index in [0.29, 0.717) is 11.6 Å². The van der Waals surface area contributed by atoms with Crippen molar-refractivity contribution in [3.63, 3.8) is 0 Å². The van der Waals surface area contributed by atoms with Crippen LogP contribution >= 0.6 is 11.6 Å². The highest BCUT2D eigenvalue weighted by molar-refractivity contribution is 6.30. The fourth-order valence-corrected chi connectivity index (χ4v) is 2.40. The van der Waals surface area contributed by atoms with Crippen molar-refractivity contribution in [1.29, 1.82) is 0 Å². The lowest BCUT2D eigenvalue weighted by Gasteiger charge is -2.03. The first-order valence-electron chi connectivity index (χ1n) is 6.46. The van der Waals surface area contributed by atoms with Crippen molar-refractivity contribution in [2.45, 2.75) is 6.54 Å². The molecule has 1 aromatic heterocycles. The van der Waals surface area contributed by atoms with Gasteiger partial charge in [0.05, 0.1) is 11.9 Å². The smallest absolute Gasteiger partial charge is 0.123 e. The zero-order chi connectivity index (χ0) is 14.8. The zero-order valence-electron chi connectivity index (χ0n) is 11.1. The van der Waals surface area contributed by atoms with E-state index in [4.69, 9.17) is 17.3 Å². The van der Waals surface area contributed by atoms with Gasteiger partial charge in [0.1, 0.15) is 5.82 Å². The van der Waals surface area contributed by atoms with Crippen molar-refractivity contribution >= 4 is 11.6 Å². The molecule has 3 aromatic rings. The van der Waals surface area contributed by atoms with Crippen LogP contribution in [0.1, 0.15) is 5.56 Å². The van der Waals surface area contributed by atoms with Crippen LogP contribution in [0, 0.1) is 5.82 Å². The molecule has 3 rings (SSSR count). The molecule has 0 aliphatic rings. The van der Waals surface area contributed by atoms with Crippen molar-refractivity contribution < 1.29 is 4.39 Å². The summed E-state index contributed by atoms with van der Waals surface area (Å²) in [6.45, 7) is 0.430. The van der Waals surface area contributed by atoms with Crippen molar-refractivity contribution in [2.24, 2.45) is 5.73 Å². The Labute approximate surface area is 126 Å². The molecule has 0 saturated carbocycles. The van der Waals surface area contributed by atoms with E-state index in [1.54, 1.807) is 23.0 Å². The number of nitrogens with zero attached hydrogens (tertiary/aromatic N) is 2. The van der Waals surface area contributed by atoms with Gasteiger partial charge in [-0.15, -0.1) is 0 Å². The molecule has 3 nitrogen and oxygen atoms in total. The minimum absolute atomic E-state index is 0.270. The van der Waals surface area contributed by atoms with Crippen molar-refractivity contribution in [2.75, 3.05) is 0 Å². The Morgan fingerprint density at radius 2 is 1.86 bits per heavy atom.